The molecule has 1 saturated carbocycles. The molecule has 0 radical (unpaired) electrons. The summed E-state index contributed by atoms with van der Waals surface area (Å²) >= 11 is 0. The molecular weight excluding hydrogens is 444 g/mol. The quantitative estimate of drug-likeness (QED) is 0.379. The fourth-order valence-corrected chi connectivity index (χ4v) is 5.27. The van der Waals surface area contributed by atoms with Gasteiger partial charge in [-0.1, -0.05) is 19.1 Å². The van der Waals surface area contributed by atoms with Crippen LogP contribution in [0.15, 0.2) is 60.0 Å². The van der Waals surface area contributed by atoms with Gasteiger partial charge in [0.25, 0.3) is 5.69 Å². The van der Waals surface area contributed by atoms with Crippen molar-refractivity contribution in [1.82, 2.24) is 19.5 Å². The molecule has 174 valence electrons. The first kappa shape index (κ1) is 22.9. The lowest BCUT2D eigenvalue weighted by atomic mass is 9.88. The second-order valence-corrected chi connectivity index (χ2v) is 10.1. The third kappa shape index (κ3) is 5.55. The molecule has 3 aromatic rings. The maximum Gasteiger partial charge on any atom is 0.293 e. The second kappa shape index (κ2) is 9.67. The first-order chi connectivity index (χ1) is 15.8. The summed E-state index contributed by atoms with van der Waals surface area (Å²) in [5, 5.41) is 18.8. The van der Waals surface area contributed by atoms with Gasteiger partial charge in [-0.15, -0.1) is 0 Å². The molecule has 1 aliphatic rings. The van der Waals surface area contributed by atoms with Crippen molar-refractivity contribution in [3.05, 3.63) is 70.8 Å². The third-order valence-corrected chi connectivity index (χ3v) is 7.43. The third-order valence-electron chi connectivity index (χ3n) is 5.92. The van der Waals surface area contributed by atoms with E-state index in [4.69, 9.17) is 0 Å². The first-order valence-corrected chi connectivity index (χ1v) is 12.3. The van der Waals surface area contributed by atoms with E-state index in [-0.39, 0.29) is 22.3 Å². The Bertz CT molecular complexity index is 1200. The Kier molecular flexibility index (Phi) is 6.70. The van der Waals surface area contributed by atoms with E-state index in [1.165, 1.54) is 18.5 Å². The van der Waals surface area contributed by atoms with Crippen molar-refractivity contribution in [3.63, 3.8) is 0 Å². The van der Waals surface area contributed by atoms with Crippen LogP contribution in [0.5, 0.6) is 0 Å². The Morgan fingerprint density at radius 1 is 1.12 bits per heavy atom. The molecule has 33 heavy (non-hydrogen) atoms. The molecule has 1 fully saturated rings. The minimum Gasteiger partial charge on any atom is -0.375 e. The van der Waals surface area contributed by atoms with Crippen molar-refractivity contribution < 1.29 is 13.3 Å². The first-order valence-electron chi connectivity index (χ1n) is 10.8. The molecule has 4 rings (SSSR count). The van der Waals surface area contributed by atoms with Crippen LogP contribution in [0.2, 0.25) is 0 Å². The smallest absolute Gasteiger partial charge is 0.293 e. The summed E-state index contributed by atoms with van der Waals surface area (Å²) in [5.74, 6) is 0.593. The van der Waals surface area contributed by atoms with E-state index in [9.17, 15) is 18.5 Å². The Morgan fingerprint density at radius 2 is 1.85 bits per heavy atom. The van der Waals surface area contributed by atoms with Gasteiger partial charge in [-0.2, -0.15) is 5.10 Å². The molecular formula is C22H26N6O4S. The van der Waals surface area contributed by atoms with E-state index in [0.29, 0.717) is 12.5 Å². The molecule has 0 spiro atoms. The minimum absolute atomic E-state index is 0.101. The highest BCUT2D eigenvalue weighted by Gasteiger charge is 2.26. The fourth-order valence-electron chi connectivity index (χ4n) is 3.95. The Labute approximate surface area is 192 Å². The Morgan fingerprint density at radius 3 is 2.48 bits per heavy atom. The standard InChI is InChI=1S/C22H26N6O4S/c1-16-2-6-18(7-3-16)26-33(31,32)20-10-11-21(22(12-20)28(29)30)24-13-17-4-8-19(9-5-17)27-15-23-14-25-27/h4-5,8-12,14-16,18,24,26H,2-3,6-7,13H2,1H3. The lowest BCUT2D eigenvalue weighted by Crippen LogP contribution is -2.37. The van der Waals surface area contributed by atoms with Gasteiger partial charge in [0.15, 0.2) is 0 Å². The van der Waals surface area contributed by atoms with Crippen LogP contribution in [0, 0.1) is 16.0 Å². The van der Waals surface area contributed by atoms with Crippen LogP contribution in [0.3, 0.4) is 0 Å². The van der Waals surface area contributed by atoms with Gasteiger partial charge >= 0.3 is 0 Å². The van der Waals surface area contributed by atoms with Crippen LogP contribution in [-0.2, 0) is 16.6 Å². The molecule has 1 aliphatic carbocycles. The van der Waals surface area contributed by atoms with Crippen LogP contribution in [0.1, 0.15) is 38.2 Å². The normalized spacial score (nSPS) is 18.7. The number of nitro groups is 1. The van der Waals surface area contributed by atoms with Gasteiger partial charge in [-0.25, -0.2) is 22.8 Å². The van der Waals surface area contributed by atoms with Gasteiger partial charge in [0, 0.05) is 18.7 Å². The van der Waals surface area contributed by atoms with Gasteiger partial charge < -0.3 is 5.32 Å². The maximum atomic E-state index is 12.8. The molecule has 1 heterocycles. The lowest BCUT2D eigenvalue weighted by Gasteiger charge is -2.26. The van der Waals surface area contributed by atoms with Crippen LogP contribution in [0.4, 0.5) is 11.4 Å². The maximum absolute atomic E-state index is 12.8. The summed E-state index contributed by atoms with van der Waals surface area (Å²) in [6.45, 7) is 2.49. The lowest BCUT2D eigenvalue weighted by molar-refractivity contribution is -0.384. The van der Waals surface area contributed by atoms with Crippen LogP contribution in [-0.4, -0.2) is 34.1 Å². The highest BCUT2D eigenvalue weighted by atomic mass is 32.2. The van der Waals surface area contributed by atoms with Crippen molar-refractivity contribution in [3.8, 4) is 5.69 Å². The zero-order chi connectivity index (χ0) is 23.4. The average molecular weight is 471 g/mol. The zero-order valence-electron chi connectivity index (χ0n) is 18.2. The summed E-state index contributed by atoms with van der Waals surface area (Å²) in [6.07, 6.45) is 6.53. The summed E-state index contributed by atoms with van der Waals surface area (Å²) in [6, 6.07) is 11.3. The summed E-state index contributed by atoms with van der Waals surface area (Å²) in [4.78, 5) is 14.9. The molecule has 0 atom stereocenters. The zero-order valence-corrected chi connectivity index (χ0v) is 19.0. The molecule has 10 nitrogen and oxygen atoms in total. The van der Waals surface area contributed by atoms with Gasteiger partial charge in [-0.3, -0.25) is 10.1 Å². The van der Waals surface area contributed by atoms with E-state index in [1.807, 2.05) is 24.3 Å². The van der Waals surface area contributed by atoms with E-state index in [0.717, 1.165) is 43.0 Å². The largest absolute Gasteiger partial charge is 0.375 e. The van der Waals surface area contributed by atoms with Crippen molar-refractivity contribution in [2.24, 2.45) is 5.92 Å². The van der Waals surface area contributed by atoms with Crippen molar-refractivity contribution in [1.29, 1.82) is 0 Å². The number of nitrogens with one attached hydrogen (secondary N) is 2. The SMILES string of the molecule is CC1CCC(NS(=O)(=O)c2ccc(NCc3ccc(-n4cncn4)cc3)c([N+](=O)[O-])c2)CC1. The topological polar surface area (TPSA) is 132 Å². The van der Waals surface area contributed by atoms with E-state index in [2.05, 4.69) is 27.0 Å². The van der Waals surface area contributed by atoms with Crippen molar-refractivity contribution in [2.75, 3.05) is 5.32 Å². The van der Waals surface area contributed by atoms with Crippen LogP contribution in [0.25, 0.3) is 5.69 Å². The number of benzene rings is 2. The number of hydrogen-bond acceptors (Lipinski definition) is 7. The summed E-state index contributed by atoms with van der Waals surface area (Å²) in [5.41, 5.74) is 1.72. The molecule has 0 unspecified atom stereocenters. The van der Waals surface area contributed by atoms with E-state index >= 15 is 0 Å². The summed E-state index contributed by atoms with van der Waals surface area (Å²) in [7, 11) is -3.84. The number of rotatable bonds is 8. The Balaban J connectivity index is 1.46. The molecule has 0 bridgehead atoms. The molecule has 11 heteroatoms. The van der Waals surface area contributed by atoms with Crippen molar-refractivity contribution in [2.45, 2.75) is 50.1 Å². The molecule has 0 aliphatic heterocycles. The number of hydrogen-bond donors (Lipinski definition) is 2. The van der Waals surface area contributed by atoms with E-state index < -0.39 is 14.9 Å². The van der Waals surface area contributed by atoms with Crippen molar-refractivity contribution >= 4 is 21.4 Å². The number of nitro benzene ring substituents is 1. The fraction of sp³-hybridized carbons (Fsp3) is 0.364. The number of sulfonamides is 1. The van der Waals surface area contributed by atoms with Gasteiger partial charge in [0.2, 0.25) is 10.0 Å². The van der Waals surface area contributed by atoms with E-state index in [1.54, 1.807) is 11.0 Å². The predicted octanol–water partition coefficient (Wildman–Crippen LogP) is 3.64. The monoisotopic (exact) mass is 470 g/mol. The second-order valence-electron chi connectivity index (χ2n) is 8.37. The molecule has 0 amide bonds. The highest BCUT2D eigenvalue weighted by molar-refractivity contribution is 7.89. The summed E-state index contributed by atoms with van der Waals surface area (Å²) < 4.78 is 30.0. The average Bonchev–Trinajstić information content (AvgIpc) is 3.34. The number of anilines is 1. The van der Waals surface area contributed by atoms with Gasteiger partial charge in [-0.05, 0) is 61.4 Å². The number of nitrogens with zero attached hydrogens (tertiary/aromatic N) is 4. The molecule has 2 aromatic carbocycles. The predicted molar refractivity (Wildman–Crippen MR) is 124 cm³/mol. The van der Waals surface area contributed by atoms with Crippen LogP contribution < -0.4 is 10.0 Å². The number of aromatic nitrogens is 3. The minimum atomic E-state index is -3.84. The molecule has 2 N–H and O–H groups in total. The molecule has 1 aromatic heterocycles. The Hall–Kier alpha value is -3.31. The van der Waals surface area contributed by atoms with Gasteiger partial charge in [0.05, 0.1) is 15.5 Å². The van der Waals surface area contributed by atoms with Gasteiger partial charge in [0.1, 0.15) is 18.3 Å². The van der Waals surface area contributed by atoms with Crippen LogP contribution >= 0.6 is 0 Å². The molecule has 0 saturated heterocycles. The highest BCUT2D eigenvalue weighted by Crippen LogP contribution is 2.29.